The maximum absolute atomic E-state index is 11.9. The van der Waals surface area contributed by atoms with Gasteiger partial charge in [0.15, 0.2) is 5.65 Å². The molecule has 0 spiro atoms. The van der Waals surface area contributed by atoms with Crippen molar-refractivity contribution in [1.82, 2.24) is 35.0 Å². The number of nitrogens with zero attached hydrogens (tertiary/aromatic N) is 5. The number of aromatic nitrogens is 6. The zero-order chi connectivity index (χ0) is 20.2. The van der Waals surface area contributed by atoms with Gasteiger partial charge in [-0.25, -0.2) is 19.6 Å². The van der Waals surface area contributed by atoms with E-state index in [-0.39, 0.29) is 11.4 Å². The molecule has 0 aromatic carbocycles. The number of pyridine rings is 1. The maximum atomic E-state index is 11.9. The van der Waals surface area contributed by atoms with Crippen LogP contribution in [-0.4, -0.2) is 42.7 Å². The Hall–Kier alpha value is -3.49. The maximum Gasteiger partial charge on any atom is 0.269 e. The van der Waals surface area contributed by atoms with E-state index in [1.807, 2.05) is 17.7 Å². The zero-order valence-corrected chi connectivity index (χ0v) is 16.5. The average molecular weight is 378 g/mol. The van der Waals surface area contributed by atoms with Gasteiger partial charge in [-0.15, -0.1) is 0 Å². The summed E-state index contributed by atoms with van der Waals surface area (Å²) >= 11 is 0. The lowest BCUT2D eigenvalue weighted by molar-refractivity contribution is 0.0958. The summed E-state index contributed by atoms with van der Waals surface area (Å²) in [6.45, 7) is 8.14. The molecule has 0 radical (unpaired) electrons. The third-order valence-corrected chi connectivity index (χ3v) is 4.74. The highest BCUT2D eigenvalue weighted by Gasteiger charge is 2.26. The van der Waals surface area contributed by atoms with Crippen LogP contribution in [-0.2, 0) is 5.54 Å². The summed E-state index contributed by atoms with van der Waals surface area (Å²) in [5.74, 6) is 0.128. The molecule has 0 saturated heterocycles. The lowest BCUT2D eigenvalue weighted by Crippen LogP contribution is -2.23. The number of nitrogen functional groups attached to an aromatic ring is 1. The molecule has 9 heteroatoms. The summed E-state index contributed by atoms with van der Waals surface area (Å²) in [7, 11) is 1.58. The van der Waals surface area contributed by atoms with Gasteiger partial charge in [-0.2, -0.15) is 5.10 Å². The van der Waals surface area contributed by atoms with Crippen molar-refractivity contribution in [2.75, 3.05) is 12.8 Å². The number of rotatable bonds is 2. The minimum absolute atomic E-state index is 0.240. The smallest absolute Gasteiger partial charge is 0.269 e. The fourth-order valence-corrected chi connectivity index (χ4v) is 3.31. The second kappa shape index (κ2) is 6.01. The highest BCUT2D eigenvalue weighted by atomic mass is 16.1. The van der Waals surface area contributed by atoms with E-state index in [1.165, 1.54) is 6.33 Å². The van der Waals surface area contributed by atoms with E-state index in [2.05, 4.69) is 46.0 Å². The highest BCUT2D eigenvalue weighted by molar-refractivity contribution is 6.02. The van der Waals surface area contributed by atoms with Crippen molar-refractivity contribution in [2.24, 2.45) is 0 Å². The Morgan fingerprint density at radius 3 is 2.68 bits per heavy atom. The van der Waals surface area contributed by atoms with Crippen molar-refractivity contribution < 1.29 is 4.79 Å². The topological polar surface area (TPSA) is 127 Å². The fourth-order valence-electron chi connectivity index (χ4n) is 3.31. The minimum Gasteiger partial charge on any atom is -0.383 e. The molecule has 4 aromatic heterocycles. The number of aromatic amines is 1. The van der Waals surface area contributed by atoms with E-state index in [1.54, 1.807) is 13.1 Å². The number of hydrogen-bond donors (Lipinski definition) is 3. The van der Waals surface area contributed by atoms with Crippen molar-refractivity contribution in [2.45, 2.75) is 33.2 Å². The number of nitrogens with two attached hydrogens (primary N) is 1. The first-order chi connectivity index (χ1) is 13.2. The Morgan fingerprint density at radius 1 is 1.25 bits per heavy atom. The number of aryl methyl sites for hydroxylation is 1. The minimum atomic E-state index is -0.290. The van der Waals surface area contributed by atoms with Crippen LogP contribution in [0.3, 0.4) is 0 Å². The number of hydrogen-bond acceptors (Lipinski definition) is 6. The second-order valence-corrected chi connectivity index (χ2v) is 7.69. The first-order valence-corrected chi connectivity index (χ1v) is 8.94. The summed E-state index contributed by atoms with van der Waals surface area (Å²) in [4.78, 5) is 28.2. The number of carbonyl (C=O) groups is 1. The standard InChI is InChI=1S/C19H22N8O/c1-9-10-6-7-11(18(28)21-5)24-16(10)25-13(9)14-12-15(20)22-8-23-17(12)27(26-14)19(2,3)4/h6-8H,1-5H3,(H,21,28)(H,24,25)(H2,20,22,23). The molecule has 0 aliphatic carbocycles. The lowest BCUT2D eigenvalue weighted by atomic mass is 10.1. The van der Waals surface area contributed by atoms with E-state index in [9.17, 15) is 4.79 Å². The molecule has 4 heterocycles. The molecule has 4 N–H and O–H groups in total. The summed E-state index contributed by atoms with van der Waals surface area (Å²) in [5.41, 5.74) is 9.95. The van der Waals surface area contributed by atoms with Crippen LogP contribution >= 0.6 is 0 Å². The van der Waals surface area contributed by atoms with E-state index < -0.39 is 0 Å². The van der Waals surface area contributed by atoms with Gasteiger partial charge in [0.1, 0.15) is 29.2 Å². The van der Waals surface area contributed by atoms with Crippen LogP contribution < -0.4 is 11.1 Å². The molecular formula is C19H22N8O. The predicted octanol–water partition coefficient (Wildman–Crippen LogP) is 2.37. The van der Waals surface area contributed by atoms with Crippen molar-refractivity contribution in [1.29, 1.82) is 0 Å². The summed E-state index contributed by atoms with van der Waals surface area (Å²) in [6, 6.07) is 3.58. The van der Waals surface area contributed by atoms with Gasteiger partial charge in [0.05, 0.1) is 16.6 Å². The molecular weight excluding hydrogens is 356 g/mol. The van der Waals surface area contributed by atoms with Gasteiger partial charge in [-0.05, 0) is 45.4 Å². The SMILES string of the molecule is CNC(=O)c1ccc2c(C)c(-c3nn(C(C)(C)C)c4ncnc(N)c34)[nH]c2n1. The van der Waals surface area contributed by atoms with Crippen LogP contribution in [0, 0.1) is 6.92 Å². The van der Waals surface area contributed by atoms with E-state index in [0.717, 1.165) is 16.6 Å². The molecule has 144 valence electrons. The first kappa shape index (κ1) is 17.9. The van der Waals surface area contributed by atoms with Gasteiger partial charge in [0, 0.05) is 12.4 Å². The third kappa shape index (κ3) is 2.58. The van der Waals surface area contributed by atoms with Crippen LogP contribution in [0.4, 0.5) is 5.82 Å². The normalized spacial score (nSPS) is 12.0. The number of anilines is 1. The largest absolute Gasteiger partial charge is 0.383 e. The van der Waals surface area contributed by atoms with Crippen LogP contribution in [0.25, 0.3) is 33.5 Å². The van der Waals surface area contributed by atoms with Crippen LogP contribution in [0.2, 0.25) is 0 Å². The fraction of sp³-hybridized carbons (Fsp3) is 0.316. The Kier molecular flexibility index (Phi) is 3.84. The molecule has 0 aliphatic rings. The number of amides is 1. The zero-order valence-electron chi connectivity index (χ0n) is 16.5. The molecule has 4 aromatic rings. The van der Waals surface area contributed by atoms with Crippen molar-refractivity contribution in [3.05, 3.63) is 29.7 Å². The van der Waals surface area contributed by atoms with Gasteiger partial charge < -0.3 is 16.0 Å². The molecule has 4 rings (SSSR count). The predicted molar refractivity (Wildman–Crippen MR) is 108 cm³/mol. The Labute approximate surface area is 161 Å². The van der Waals surface area contributed by atoms with E-state index in [0.29, 0.717) is 33.9 Å². The monoisotopic (exact) mass is 378 g/mol. The molecule has 0 atom stereocenters. The molecule has 9 nitrogen and oxygen atoms in total. The molecule has 1 amide bonds. The van der Waals surface area contributed by atoms with Gasteiger partial charge in [-0.1, -0.05) is 0 Å². The number of nitrogens with one attached hydrogen (secondary N) is 2. The van der Waals surface area contributed by atoms with Crippen LogP contribution in [0.15, 0.2) is 18.5 Å². The van der Waals surface area contributed by atoms with Crippen LogP contribution in [0.5, 0.6) is 0 Å². The van der Waals surface area contributed by atoms with Crippen molar-refractivity contribution >= 4 is 33.8 Å². The summed E-state index contributed by atoms with van der Waals surface area (Å²) in [5, 5.41) is 9.01. The molecule has 28 heavy (non-hydrogen) atoms. The first-order valence-electron chi connectivity index (χ1n) is 8.94. The Morgan fingerprint density at radius 2 is 2.00 bits per heavy atom. The average Bonchev–Trinajstić information content (AvgIpc) is 3.20. The van der Waals surface area contributed by atoms with Crippen molar-refractivity contribution in [3.63, 3.8) is 0 Å². The second-order valence-electron chi connectivity index (χ2n) is 7.69. The quantitative estimate of drug-likeness (QED) is 0.491. The Bertz CT molecular complexity index is 1230. The third-order valence-electron chi connectivity index (χ3n) is 4.74. The van der Waals surface area contributed by atoms with Gasteiger partial charge in [0.25, 0.3) is 5.91 Å². The molecule has 0 unspecified atom stereocenters. The summed E-state index contributed by atoms with van der Waals surface area (Å²) < 4.78 is 1.85. The molecule has 0 fully saturated rings. The van der Waals surface area contributed by atoms with Gasteiger partial charge in [0.2, 0.25) is 0 Å². The molecule has 0 aliphatic heterocycles. The van der Waals surface area contributed by atoms with E-state index in [4.69, 9.17) is 10.8 Å². The molecule has 0 saturated carbocycles. The Balaban J connectivity index is 2.02. The highest BCUT2D eigenvalue weighted by Crippen LogP contribution is 2.36. The van der Waals surface area contributed by atoms with Crippen LogP contribution in [0.1, 0.15) is 36.8 Å². The van der Waals surface area contributed by atoms with Gasteiger partial charge in [-0.3, -0.25) is 4.79 Å². The number of carbonyl (C=O) groups excluding carboxylic acids is 1. The summed E-state index contributed by atoms with van der Waals surface area (Å²) in [6.07, 6.45) is 1.45. The number of H-pyrrole nitrogens is 1. The van der Waals surface area contributed by atoms with Crippen molar-refractivity contribution in [3.8, 4) is 11.4 Å². The molecule has 0 bridgehead atoms. The van der Waals surface area contributed by atoms with E-state index >= 15 is 0 Å². The lowest BCUT2D eigenvalue weighted by Gasteiger charge is -2.19. The number of fused-ring (bicyclic) bond motifs is 2. The van der Waals surface area contributed by atoms with Gasteiger partial charge >= 0.3 is 0 Å².